The Balaban J connectivity index is 2.27. The van der Waals surface area contributed by atoms with Gasteiger partial charge < -0.3 is 9.84 Å². The van der Waals surface area contributed by atoms with E-state index in [-0.39, 0.29) is 30.2 Å². The molecule has 0 aliphatic carbocycles. The van der Waals surface area contributed by atoms with Crippen LogP contribution in [0.25, 0.3) is 0 Å². The molecular weight excluding hydrogens is 500 g/mol. The molecule has 2 aromatic rings. The topological polar surface area (TPSA) is 122 Å². The first-order valence-corrected chi connectivity index (χ1v) is 12.5. The number of nitrogens with zero attached hydrogens (tertiary/aromatic N) is 4. The number of carboxylic acid groups (broad SMARTS) is 1. The molecule has 1 atom stereocenters. The minimum absolute atomic E-state index is 0.107. The second kappa shape index (κ2) is 11.5. The van der Waals surface area contributed by atoms with Crippen LogP contribution in [-0.2, 0) is 14.9 Å². The van der Waals surface area contributed by atoms with E-state index in [0.717, 1.165) is 9.80 Å². The zero-order valence-corrected chi connectivity index (χ0v) is 22.5. The molecule has 206 valence electrons. The maximum Gasteiger partial charge on any atom is 0.421 e. The summed E-state index contributed by atoms with van der Waals surface area (Å²) in [7, 11) is 0. The second-order valence-electron chi connectivity index (χ2n) is 10.3. The Morgan fingerprint density at radius 3 is 2.26 bits per heavy atom. The summed E-state index contributed by atoms with van der Waals surface area (Å²) in [5.41, 5.74) is -2.43. The van der Waals surface area contributed by atoms with Crippen molar-refractivity contribution in [3.8, 4) is 0 Å². The normalized spacial score (nSPS) is 15.5. The number of allylic oxidation sites excluding steroid dienone is 2. The van der Waals surface area contributed by atoms with Crippen molar-refractivity contribution in [2.75, 3.05) is 16.3 Å². The van der Waals surface area contributed by atoms with Crippen LogP contribution in [0.2, 0.25) is 0 Å². The number of ether oxygens (including phenoxy) is 1. The van der Waals surface area contributed by atoms with Crippen LogP contribution in [0.3, 0.4) is 0 Å². The number of benzene rings is 1. The monoisotopic (exact) mass is 534 g/mol. The van der Waals surface area contributed by atoms with Gasteiger partial charge in [0.25, 0.3) is 11.5 Å². The van der Waals surface area contributed by atoms with Gasteiger partial charge in [0.15, 0.2) is 0 Å². The van der Waals surface area contributed by atoms with Crippen molar-refractivity contribution in [3.05, 3.63) is 90.7 Å². The molecule has 1 unspecified atom stereocenters. The SMILES string of the molecule is C=CCN(C(=O)O)c1cnc2n(c1=O)C(C(=O)N(C(=O)OC(C)(C)C)c1ccccc1)CC2(CC=C)CC=C. The first-order valence-electron chi connectivity index (χ1n) is 12.5. The molecule has 10 heteroatoms. The van der Waals surface area contributed by atoms with Crippen molar-refractivity contribution in [1.29, 1.82) is 0 Å². The summed E-state index contributed by atoms with van der Waals surface area (Å²) in [5.74, 6) is -0.422. The van der Waals surface area contributed by atoms with Gasteiger partial charge in [0.05, 0.1) is 11.9 Å². The van der Waals surface area contributed by atoms with Crippen LogP contribution < -0.4 is 15.4 Å². The molecule has 2 heterocycles. The Kier molecular flexibility index (Phi) is 8.58. The minimum atomic E-state index is -1.38. The molecule has 1 aromatic heterocycles. The third-order valence-electron chi connectivity index (χ3n) is 6.34. The highest BCUT2D eigenvalue weighted by Crippen LogP contribution is 2.46. The maximum atomic E-state index is 14.3. The number of anilines is 2. The Labute approximate surface area is 227 Å². The van der Waals surface area contributed by atoms with Gasteiger partial charge in [-0.3, -0.25) is 19.1 Å². The van der Waals surface area contributed by atoms with Gasteiger partial charge in [0, 0.05) is 12.0 Å². The molecule has 0 bridgehead atoms. The lowest BCUT2D eigenvalue weighted by molar-refractivity contribution is -0.121. The standard InChI is InChI=1S/C29H34N4O6/c1-7-15-29(16-8-2)18-21(33-24(35)22(19-30-25(29)33)31(17-9-3)26(36)37)23(34)32(20-13-11-10-12-14-20)27(38)39-28(4,5)6/h7-14,19,21H,1-3,15-18H2,4-6H3,(H,36,37). The Bertz CT molecular complexity index is 1330. The first kappa shape index (κ1) is 29.1. The van der Waals surface area contributed by atoms with Crippen molar-refractivity contribution >= 4 is 29.5 Å². The van der Waals surface area contributed by atoms with E-state index in [9.17, 15) is 24.3 Å². The lowest BCUT2D eigenvalue weighted by Crippen LogP contribution is -2.46. The number of amides is 3. The Morgan fingerprint density at radius 1 is 1.13 bits per heavy atom. The van der Waals surface area contributed by atoms with Crippen molar-refractivity contribution in [2.24, 2.45) is 0 Å². The van der Waals surface area contributed by atoms with Gasteiger partial charge in [-0.15, -0.1) is 19.7 Å². The number of carbonyl (C=O) groups excluding carboxylic acids is 2. The minimum Gasteiger partial charge on any atom is -0.465 e. The van der Waals surface area contributed by atoms with Gasteiger partial charge >= 0.3 is 12.2 Å². The fourth-order valence-corrected chi connectivity index (χ4v) is 4.83. The lowest BCUT2D eigenvalue weighted by atomic mass is 9.77. The van der Waals surface area contributed by atoms with Gasteiger partial charge in [-0.05, 0) is 52.2 Å². The molecule has 1 aromatic carbocycles. The summed E-state index contributed by atoms with van der Waals surface area (Å²) < 4.78 is 6.76. The molecule has 0 saturated carbocycles. The molecule has 3 amide bonds. The molecular formula is C29H34N4O6. The fraction of sp³-hybridized carbons (Fsp3) is 0.345. The molecule has 0 spiro atoms. The number of imide groups is 1. The summed E-state index contributed by atoms with van der Waals surface area (Å²) in [5, 5.41) is 9.73. The summed E-state index contributed by atoms with van der Waals surface area (Å²) in [6.07, 6.45) is 4.44. The number of carbonyl (C=O) groups is 3. The van der Waals surface area contributed by atoms with Gasteiger partial charge in [0.1, 0.15) is 23.2 Å². The van der Waals surface area contributed by atoms with E-state index >= 15 is 0 Å². The molecule has 39 heavy (non-hydrogen) atoms. The van der Waals surface area contributed by atoms with E-state index in [0.29, 0.717) is 12.8 Å². The summed E-state index contributed by atoms with van der Waals surface area (Å²) in [6.45, 7) is 16.1. The van der Waals surface area contributed by atoms with Crippen molar-refractivity contribution < 1.29 is 24.2 Å². The highest BCUT2D eigenvalue weighted by Gasteiger charge is 2.50. The highest BCUT2D eigenvalue weighted by atomic mass is 16.6. The third kappa shape index (κ3) is 5.84. The van der Waals surface area contributed by atoms with Crippen LogP contribution in [0.4, 0.5) is 21.0 Å². The smallest absolute Gasteiger partial charge is 0.421 e. The van der Waals surface area contributed by atoms with Crippen LogP contribution in [0.5, 0.6) is 0 Å². The van der Waals surface area contributed by atoms with Crippen molar-refractivity contribution in [3.63, 3.8) is 0 Å². The largest absolute Gasteiger partial charge is 0.465 e. The molecule has 0 radical (unpaired) electrons. The van der Waals surface area contributed by atoms with E-state index in [4.69, 9.17) is 4.74 Å². The van der Waals surface area contributed by atoms with Crippen molar-refractivity contribution in [2.45, 2.75) is 57.1 Å². The van der Waals surface area contributed by atoms with Crippen LogP contribution in [0.15, 0.2) is 79.3 Å². The predicted octanol–water partition coefficient (Wildman–Crippen LogP) is 5.22. The van der Waals surface area contributed by atoms with E-state index in [2.05, 4.69) is 24.7 Å². The zero-order valence-electron chi connectivity index (χ0n) is 22.5. The summed E-state index contributed by atoms with van der Waals surface area (Å²) in [4.78, 5) is 59.7. The molecule has 1 aliphatic heterocycles. The molecule has 1 N–H and O–H groups in total. The third-order valence-corrected chi connectivity index (χ3v) is 6.34. The van der Waals surface area contributed by atoms with Gasteiger partial charge in [-0.25, -0.2) is 19.5 Å². The van der Waals surface area contributed by atoms with Crippen LogP contribution >= 0.6 is 0 Å². The maximum absolute atomic E-state index is 14.3. The predicted molar refractivity (Wildman–Crippen MR) is 149 cm³/mol. The zero-order chi connectivity index (χ0) is 29.0. The summed E-state index contributed by atoms with van der Waals surface area (Å²) >= 11 is 0. The van der Waals surface area contributed by atoms with E-state index in [1.807, 2.05) is 0 Å². The van der Waals surface area contributed by atoms with Gasteiger partial charge in [-0.1, -0.05) is 36.4 Å². The quantitative estimate of drug-likeness (QED) is 0.438. The number of para-hydroxylation sites is 1. The number of hydrogen-bond acceptors (Lipinski definition) is 6. The Morgan fingerprint density at radius 2 is 1.74 bits per heavy atom. The fourth-order valence-electron chi connectivity index (χ4n) is 4.83. The number of aromatic nitrogens is 2. The molecule has 0 fully saturated rings. The Hall–Kier alpha value is -4.47. The number of fused-ring (bicyclic) bond motifs is 1. The molecule has 10 nitrogen and oxygen atoms in total. The molecule has 0 saturated heterocycles. The lowest BCUT2D eigenvalue weighted by Gasteiger charge is -2.29. The molecule has 3 rings (SSSR count). The number of hydrogen-bond donors (Lipinski definition) is 1. The van der Waals surface area contributed by atoms with Crippen LogP contribution in [-0.4, -0.2) is 44.9 Å². The van der Waals surface area contributed by atoms with E-state index < -0.39 is 40.7 Å². The van der Waals surface area contributed by atoms with Gasteiger partial charge in [0.2, 0.25) is 0 Å². The second-order valence-corrected chi connectivity index (χ2v) is 10.3. The summed E-state index contributed by atoms with van der Waals surface area (Å²) in [6, 6.07) is 7.08. The molecule has 1 aliphatic rings. The highest BCUT2D eigenvalue weighted by molar-refractivity contribution is 6.14. The van der Waals surface area contributed by atoms with Crippen LogP contribution in [0.1, 0.15) is 51.9 Å². The van der Waals surface area contributed by atoms with Crippen LogP contribution in [0, 0.1) is 0 Å². The average Bonchev–Trinajstić information content (AvgIpc) is 3.18. The average molecular weight is 535 g/mol. The number of rotatable bonds is 9. The van der Waals surface area contributed by atoms with E-state index in [1.54, 1.807) is 63.3 Å². The van der Waals surface area contributed by atoms with Gasteiger partial charge in [-0.2, -0.15) is 0 Å². The first-order chi connectivity index (χ1) is 18.4. The van der Waals surface area contributed by atoms with E-state index in [1.165, 1.54) is 16.8 Å². The van der Waals surface area contributed by atoms with Crippen molar-refractivity contribution in [1.82, 2.24) is 9.55 Å².